The highest BCUT2D eigenvalue weighted by Crippen LogP contribution is 2.04. The van der Waals surface area contributed by atoms with Crippen LogP contribution in [0.15, 0.2) is 0 Å². The molecule has 70 valence electrons. The van der Waals surface area contributed by atoms with Gasteiger partial charge in [-0.15, -0.1) is 0 Å². The molecule has 0 atom stereocenters. The van der Waals surface area contributed by atoms with Gasteiger partial charge in [-0.05, 0) is 13.8 Å². The Hall–Kier alpha value is -0.770. The van der Waals surface area contributed by atoms with Gasteiger partial charge in [0.1, 0.15) is 0 Å². The van der Waals surface area contributed by atoms with Gasteiger partial charge in [-0.3, -0.25) is 0 Å². The van der Waals surface area contributed by atoms with Crippen LogP contribution in [0.1, 0.15) is 13.8 Å². The quantitative estimate of drug-likeness (QED) is 0.628. The van der Waals surface area contributed by atoms with Crippen LogP contribution >= 0.6 is 0 Å². The van der Waals surface area contributed by atoms with Crippen molar-refractivity contribution in [3.8, 4) is 0 Å². The molecule has 0 aromatic heterocycles. The fraction of sp³-hybridized carbons (Fsp3) is 0.875. The Labute approximate surface area is 73.3 Å². The Morgan fingerprint density at radius 3 is 2.58 bits per heavy atom. The zero-order valence-electron chi connectivity index (χ0n) is 7.76. The number of hydrogen-bond acceptors (Lipinski definition) is 2. The summed E-state index contributed by atoms with van der Waals surface area (Å²) >= 11 is 0. The van der Waals surface area contributed by atoms with E-state index in [0.717, 1.165) is 19.6 Å². The predicted molar refractivity (Wildman–Crippen MR) is 48.1 cm³/mol. The minimum Gasteiger partial charge on any atom is -0.338 e. The van der Waals surface area contributed by atoms with Crippen molar-refractivity contribution in [3.63, 3.8) is 0 Å². The third kappa shape index (κ3) is 1.88. The number of carbonyl (C=O) groups excluding carboxylic acids is 1. The zero-order chi connectivity index (χ0) is 8.97. The van der Waals surface area contributed by atoms with Crippen LogP contribution in [0.2, 0.25) is 0 Å². The largest absolute Gasteiger partial charge is 0.338 e. The molecule has 12 heavy (non-hydrogen) atoms. The summed E-state index contributed by atoms with van der Waals surface area (Å²) in [6, 6.07) is 0.466. The molecule has 4 nitrogen and oxygen atoms in total. The lowest BCUT2D eigenvalue weighted by Gasteiger charge is -2.37. The maximum atomic E-state index is 11.4. The Balaban J connectivity index is 2.37. The number of urea groups is 1. The van der Waals surface area contributed by atoms with Crippen molar-refractivity contribution in [2.75, 3.05) is 26.2 Å². The highest BCUT2D eigenvalue weighted by atomic mass is 16.2. The minimum atomic E-state index is 0.0616. The Kier molecular flexibility index (Phi) is 3.34. The SMILES string of the molecule is CCNC(=O)N(CC)C1CNC1. The van der Waals surface area contributed by atoms with Crippen molar-refractivity contribution < 1.29 is 4.79 Å². The second-order valence-electron chi connectivity index (χ2n) is 2.93. The first-order valence-electron chi connectivity index (χ1n) is 4.54. The first-order valence-corrected chi connectivity index (χ1v) is 4.54. The highest BCUT2D eigenvalue weighted by Gasteiger charge is 2.26. The maximum absolute atomic E-state index is 11.4. The lowest BCUT2D eigenvalue weighted by atomic mass is 10.1. The third-order valence-electron chi connectivity index (χ3n) is 2.13. The van der Waals surface area contributed by atoms with Crippen LogP contribution in [0.4, 0.5) is 4.79 Å². The second-order valence-corrected chi connectivity index (χ2v) is 2.93. The predicted octanol–water partition coefficient (Wildman–Crippen LogP) is 0.00960. The van der Waals surface area contributed by atoms with E-state index in [1.807, 2.05) is 18.7 Å². The third-order valence-corrected chi connectivity index (χ3v) is 2.13. The number of rotatable bonds is 3. The monoisotopic (exact) mass is 171 g/mol. The smallest absolute Gasteiger partial charge is 0.317 e. The molecule has 1 saturated heterocycles. The topological polar surface area (TPSA) is 44.4 Å². The molecule has 1 heterocycles. The number of nitrogens with one attached hydrogen (secondary N) is 2. The summed E-state index contributed by atoms with van der Waals surface area (Å²) in [7, 11) is 0. The molecule has 0 saturated carbocycles. The molecule has 2 amide bonds. The number of hydrogen-bond donors (Lipinski definition) is 2. The van der Waals surface area contributed by atoms with E-state index >= 15 is 0 Å². The summed E-state index contributed by atoms with van der Waals surface area (Å²) in [6.07, 6.45) is 0. The van der Waals surface area contributed by atoms with Gasteiger partial charge in [0.05, 0.1) is 6.04 Å². The molecule has 0 radical (unpaired) electrons. The Morgan fingerprint density at radius 1 is 1.58 bits per heavy atom. The standard InChI is InChI=1S/C8H17N3O/c1-3-10-8(12)11(4-2)7-5-9-6-7/h7,9H,3-6H2,1-2H3,(H,10,12). The van der Waals surface area contributed by atoms with Gasteiger partial charge in [-0.2, -0.15) is 0 Å². The molecule has 0 aliphatic carbocycles. The van der Waals surface area contributed by atoms with Crippen molar-refractivity contribution in [2.24, 2.45) is 0 Å². The lowest BCUT2D eigenvalue weighted by Crippen LogP contribution is -2.60. The number of amides is 2. The first kappa shape index (κ1) is 9.32. The number of nitrogens with zero attached hydrogens (tertiary/aromatic N) is 1. The fourth-order valence-corrected chi connectivity index (χ4v) is 1.31. The Bertz CT molecular complexity index is 156. The molecule has 1 aliphatic heterocycles. The molecular weight excluding hydrogens is 154 g/mol. The summed E-state index contributed by atoms with van der Waals surface area (Å²) in [6.45, 7) is 7.31. The van der Waals surface area contributed by atoms with E-state index < -0.39 is 0 Å². The van der Waals surface area contributed by atoms with Crippen LogP contribution in [0.25, 0.3) is 0 Å². The summed E-state index contributed by atoms with van der Waals surface area (Å²) in [5.74, 6) is 0. The van der Waals surface area contributed by atoms with Crippen LogP contribution < -0.4 is 10.6 Å². The van der Waals surface area contributed by atoms with Crippen LogP contribution in [-0.2, 0) is 0 Å². The molecule has 0 bridgehead atoms. The Morgan fingerprint density at radius 2 is 2.25 bits per heavy atom. The van der Waals surface area contributed by atoms with Crippen LogP contribution in [0.3, 0.4) is 0 Å². The van der Waals surface area contributed by atoms with Gasteiger partial charge in [0.2, 0.25) is 0 Å². The van der Waals surface area contributed by atoms with Crippen molar-refractivity contribution >= 4 is 6.03 Å². The van der Waals surface area contributed by atoms with Crippen LogP contribution in [0.5, 0.6) is 0 Å². The van der Waals surface area contributed by atoms with Crippen molar-refractivity contribution in [1.29, 1.82) is 0 Å². The lowest BCUT2D eigenvalue weighted by molar-refractivity contribution is 0.154. The van der Waals surface area contributed by atoms with Gasteiger partial charge >= 0.3 is 6.03 Å². The molecule has 4 heteroatoms. The molecule has 0 spiro atoms. The average molecular weight is 171 g/mol. The van der Waals surface area contributed by atoms with E-state index in [1.54, 1.807) is 0 Å². The van der Waals surface area contributed by atoms with E-state index in [-0.39, 0.29) is 6.03 Å². The normalized spacial score (nSPS) is 16.8. The van der Waals surface area contributed by atoms with Gasteiger partial charge in [-0.25, -0.2) is 4.79 Å². The molecule has 2 N–H and O–H groups in total. The highest BCUT2D eigenvalue weighted by molar-refractivity contribution is 5.74. The van der Waals surface area contributed by atoms with Crippen molar-refractivity contribution in [2.45, 2.75) is 19.9 Å². The minimum absolute atomic E-state index is 0.0616. The molecule has 1 fully saturated rings. The zero-order valence-corrected chi connectivity index (χ0v) is 7.76. The first-order chi connectivity index (χ1) is 5.79. The average Bonchev–Trinajstić information content (AvgIpc) is 1.96. The van der Waals surface area contributed by atoms with E-state index in [4.69, 9.17) is 0 Å². The van der Waals surface area contributed by atoms with Crippen LogP contribution in [-0.4, -0.2) is 43.2 Å². The summed E-state index contributed by atoms with van der Waals surface area (Å²) < 4.78 is 0. The summed E-state index contributed by atoms with van der Waals surface area (Å²) in [5, 5.41) is 5.96. The van der Waals surface area contributed by atoms with E-state index in [2.05, 4.69) is 10.6 Å². The van der Waals surface area contributed by atoms with Gasteiger partial charge < -0.3 is 15.5 Å². The van der Waals surface area contributed by atoms with E-state index in [0.29, 0.717) is 12.6 Å². The van der Waals surface area contributed by atoms with Gasteiger partial charge in [0.25, 0.3) is 0 Å². The summed E-state index contributed by atoms with van der Waals surface area (Å²) in [5.41, 5.74) is 0. The van der Waals surface area contributed by atoms with Crippen molar-refractivity contribution in [1.82, 2.24) is 15.5 Å². The van der Waals surface area contributed by atoms with Gasteiger partial charge in [0, 0.05) is 26.2 Å². The van der Waals surface area contributed by atoms with E-state index in [9.17, 15) is 4.79 Å². The fourth-order valence-electron chi connectivity index (χ4n) is 1.31. The van der Waals surface area contributed by atoms with Crippen molar-refractivity contribution in [3.05, 3.63) is 0 Å². The number of carbonyl (C=O) groups is 1. The second kappa shape index (κ2) is 4.30. The van der Waals surface area contributed by atoms with E-state index in [1.165, 1.54) is 0 Å². The molecule has 1 aliphatic rings. The molecule has 0 aromatic carbocycles. The van der Waals surface area contributed by atoms with Gasteiger partial charge in [-0.1, -0.05) is 0 Å². The molecule has 0 aromatic rings. The molecule has 0 unspecified atom stereocenters. The maximum Gasteiger partial charge on any atom is 0.317 e. The van der Waals surface area contributed by atoms with Crippen LogP contribution in [0, 0.1) is 0 Å². The van der Waals surface area contributed by atoms with Gasteiger partial charge in [0.15, 0.2) is 0 Å². The molecular formula is C8H17N3O. The number of likely N-dealkylation sites (N-methyl/N-ethyl adjacent to an activating group) is 1. The summed E-state index contributed by atoms with van der Waals surface area (Å²) in [4.78, 5) is 13.3. The molecule has 1 rings (SSSR count).